The smallest absolute Gasteiger partial charge is 0.306 e. The van der Waals surface area contributed by atoms with Crippen LogP contribution < -0.4 is 0 Å². The van der Waals surface area contributed by atoms with Gasteiger partial charge in [0.15, 0.2) is 0 Å². The zero-order chi connectivity index (χ0) is 13.5. The number of esters is 1. The second kappa shape index (κ2) is 7.01. The van der Waals surface area contributed by atoms with Crippen LogP contribution in [0.1, 0.15) is 18.4 Å². The van der Waals surface area contributed by atoms with E-state index in [2.05, 4.69) is 4.74 Å². The summed E-state index contributed by atoms with van der Waals surface area (Å²) in [7, 11) is 3.00. The molecule has 0 bridgehead atoms. The van der Waals surface area contributed by atoms with Crippen LogP contribution >= 0.6 is 11.6 Å². The van der Waals surface area contributed by atoms with Gasteiger partial charge < -0.3 is 9.64 Å². The Kier molecular flexibility index (Phi) is 5.65. The van der Waals surface area contributed by atoms with E-state index < -0.39 is 0 Å². The average molecular weight is 270 g/mol. The summed E-state index contributed by atoms with van der Waals surface area (Å²) in [5.74, 6) is -0.472. The molecule has 0 aliphatic heterocycles. The quantitative estimate of drug-likeness (QED) is 0.770. The fraction of sp³-hybridized carbons (Fsp3) is 0.385. The van der Waals surface area contributed by atoms with Gasteiger partial charge in [0.05, 0.1) is 13.5 Å². The molecule has 1 amide bonds. The van der Waals surface area contributed by atoms with Crippen molar-refractivity contribution < 1.29 is 14.3 Å². The Morgan fingerprint density at radius 1 is 1.33 bits per heavy atom. The van der Waals surface area contributed by atoms with E-state index in [0.717, 1.165) is 5.56 Å². The van der Waals surface area contributed by atoms with Crippen LogP contribution in [0, 0.1) is 0 Å². The maximum atomic E-state index is 11.7. The van der Waals surface area contributed by atoms with E-state index in [0.29, 0.717) is 11.6 Å². The van der Waals surface area contributed by atoms with Gasteiger partial charge in [-0.2, -0.15) is 0 Å². The summed E-state index contributed by atoms with van der Waals surface area (Å²) in [5, 5.41) is 0.642. The molecule has 0 fully saturated rings. The van der Waals surface area contributed by atoms with Gasteiger partial charge in [-0.05, 0) is 17.7 Å². The number of hydrogen-bond donors (Lipinski definition) is 0. The van der Waals surface area contributed by atoms with Crippen molar-refractivity contribution in [1.82, 2.24) is 4.90 Å². The molecule has 98 valence electrons. The molecule has 0 heterocycles. The largest absolute Gasteiger partial charge is 0.469 e. The van der Waals surface area contributed by atoms with Crippen LogP contribution in [-0.2, 0) is 20.9 Å². The molecule has 0 aliphatic carbocycles. The molecule has 0 atom stereocenters. The molecule has 0 N–H and O–H groups in total. The Morgan fingerprint density at radius 3 is 2.67 bits per heavy atom. The van der Waals surface area contributed by atoms with E-state index in [1.54, 1.807) is 18.0 Å². The summed E-state index contributed by atoms with van der Waals surface area (Å²) < 4.78 is 4.49. The number of rotatable bonds is 5. The van der Waals surface area contributed by atoms with Crippen molar-refractivity contribution in [3.63, 3.8) is 0 Å². The number of benzene rings is 1. The minimum atomic E-state index is -0.375. The molecule has 0 aliphatic rings. The summed E-state index contributed by atoms with van der Waals surface area (Å²) in [5.41, 5.74) is 0.955. The van der Waals surface area contributed by atoms with Gasteiger partial charge >= 0.3 is 5.97 Å². The number of carbonyl (C=O) groups excluding carboxylic acids is 2. The van der Waals surface area contributed by atoms with Gasteiger partial charge in [0.1, 0.15) is 0 Å². The predicted molar refractivity (Wildman–Crippen MR) is 69.2 cm³/mol. The van der Waals surface area contributed by atoms with Crippen LogP contribution in [0.3, 0.4) is 0 Å². The van der Waals surface area contributed by atoms with E-state index >= 15 is 0 Å². The Hall–Kier alpha value is -1.55. The Labute approximate surface area is 111 Å². The van der Waals surface area contributed by atoms with Gasteiger partial charge in [-0.1, -0.05) is 23.7 Å². The summed E-state index contributed by atoms with van der Waals surface area (Å²) in [4.78, 5) is 24.2. The van der Waals surface area contributed by atoms with Crippen molar-refractivity contribution in [2.24, 2.45) is 0 Å². The lowest BCUT2D eigenvalue weighted by atomic mass is 10.2. The molecule has 5 heteroatoms. The Balaban J connectivity index is 2.47. The first kappa shape index (κ1) is 14.5. The molecule has 1 aromatic carbocycles. The third-order valence-electron chi connectivity index (χ3n) is 2.51. The fourth-order valence-electron chi connectivity index (χ4n) is 1.50. The molecule has 1 aromatic rings. The third kappa shape index (κ3) is 4.75. The molecule has 0 radical (unpaired) electrons. The SMILES string of the molecule is COC(=O)CCC(=O)N(C)Cc1cccc(Cl)c1. The molecule has 1 rings (SSSR count). The van der Waals surface area contributed by atoms with Crippen molar-refractivity contribution in [1.29, 1.82) is 0 Å². The third-order valence-corrected chi connectivity index (χ3v) is 2.74. The van der Waals surface area contributed by atoms with E-state index in [-0.39, 0.29) is 24.7 Å². The molecule has 0 saturated carbocycles. The number of carbonyl (C=O) groups is 2. The number of ether oxygens (including phenoxy) is 1. The Bertz CT molecular complexity index is 434. The lowest BCUT2D eigenvalue weighted by Gasteiger charge is -2.17. The van der Waals surface area contributed by atoms with Crippen LogP contribution in [0.2, 0.25) is 5.02 Å². The highest BCUT2D eigenvalue weighted by molar-refractivity contribution is 6.30. The zero-order valence-electron chi connectivity index (χ0n) is 10.5. The number of amides is 1. The van der Waals surface area contributed by atoms with Crippen LogP contribution in [-0.4, -0.2) is 30.9 Å². The van der Waals surface area contributed by atoms with Crippen molar-refractivity contribution in [3.8, 4) is 0 Å². The second-order valence-electron chi connectivity index (χ2n) is 3.96. The first-order valence-corrected chi connectivity index (χ1v) is 5.96. The predicted octanol–water partition coefficient (Wildman–Crippen LogP) is 2.25. The maximum absolute atomic E-state index is 11.7. The first-order chi connectivity index (χ1) is 8.52. The van der Waals surface area contributed by atoms with Crippen LogP contribution in [0.25, 0.3) is 0 Å². The molecule has 18 heavy (non-hydrogen) atoms. The minimum Gasteiger partial charge on any atom is -0.469 e. The van der Waals surface area contributed by atoms with Gasteiger partial charge in [0.25, 0.3) is 0 Å². The fourth-order valence-corrected chi connectivity index (χ4v) is 1.71. The zero-order valence-corrected chi connectivity index (χ0v) is 11.2. The van der Waals surface area contributed by atoms with E-state index in [1.165, 1.54) is 7.11 Å². The average Bonchev–Trinajstić information content (AvgIpc) is 2.35. The molecular weight excluding hydrogens is 254 g/mol. The highest BCUT2D eigenvalue weighted by Crippen LogP contribution is 2.12. The van der Waals surface area contributed by atoms with Gasteiger partial charge in [0.2, 0.25) is 5.91 Å². The van der Waals surface area contributed by atoms with E-state index in [4.69, 9.17) is 11.6 Å². The molecule has 0 saturated heterocycles. The van der Waals surface area contributed by atoms with Gasteiger partial charge in [-0.15, -0.1) is 0 Å². The maximum Gasteiger partial charge on any atom is 0.306 e. The van der Waals surface area contributed by atoms with Crippen LogP contribution in [0.15, 0.2) is 24.3 Å². The Morgan fingerprint density at radius 2 is 2.06 bits per heavy atom. The molecule has 0 spiro atoms. The lowest BCUT2D eigenvalue weighted by molar-refractivity contribution is -0.143. The van der Waals surface area contributed by atoms with Crippen LogP contribution in [0.5, 0.6) is 0 Å². The van der Waals surface area contributed by atoms with Crippen molar-refractivity contribution >= 4 is 23.5 Å². The van der Waals surface area contributed by atoms with E-state index in [9.17, 15) is 9.59 Å². The summed E-state index contributed by atoms with van der Waals surface area (Å²) in [6, 6.07) is 7.33. The van der Waals surface area contributed by atoms with Crippen LogP contribution in [0.4, 0.5) is 0 Å². The summed E-state index contributed by atoms with van der Waals surface area (Å²) in [6.45, 7) is 0.473. The van der Waals surface area contributed by atoms with Gasteiger partial charge in [-0.3, -0.25) is 9.59 Å². The second-order valence-corrected chi connectivity index (χ2v) is 4.39. The number of nitrogens with zero attached hydrogens (tertiary/aromatic N) is 1. The van der Waals surface area contributed by atoms with Gasteiger partial charge in [-0.25, -0.2) is 0 Å². The molecule has 4 nitrogen and oxygen atoms in total. The standard InChI is InChI=1S/C13H16ClNO3/c1-15(12(16)6-7-13(17)18-2)9-10-4-3-5-11(14)8-10/h3-5,8H,6-7,9H2,1-2H3. The summed E-state index contributed by atoms with van der Waals surface area (Å²) in [6.07, 6.45) is 0.263. The summed E-state index contributed by atoms with van der Waals surface area (Å²) >= 11 is 5.86. The van der Waals surface area contributed by atoms with E-state index in [1.807, 2.05) is 18.2 Å². The first-order valence-electron chi connectivity index (χ1n) is 5.58. The normalized spacial score (nSPS) is 9.94. The minimum absolute atomic E-state index is 0.0969. The van der Waals surface area contributed by atoms with Gasteiger partial charge in [0, 0.05) is 25.0 Å². The topological polar surface area (TPSA) is 46.6 Å². The molecular formula is C13H16ClNO3. The molecule has 0 aromatic heterocycles. The highest BCUT2D eigenvalue weighted by atomic mass is 35.5. The van der Waals surface area contributed by atoms with Crippen molar-refractivity contribution in [2.75, 3.05) is 14.2 Å². The number of halogens is 1. The number of methoxy groups -OCH3 is 1. The monoisotopic (exact) mass is 269 g/mol. The highest BCUT2D eigenvalue weighted by Gasteiger charge is 2.11. The molecule has 0 unspecified atom stereocenters. The number of hydrogen-bond acceptors (Lipinski definition) is 3. The van der Waals surface area contributed by atoms with Crippen molar-refractivity contribution in [3.05, 3.63) is 34.9 Å². The lowest BCUT2D eigenvalue weighted by Crippen LogP contribution is -2.26. The van der Waals surface area contributed by atoms with Crippen molar-refractivity contribution in [2.45, 2.75) is 19.4 Å².